The molecule has 3 rings (SSSR count). The van der Waals surface area contributed by atoms with Gasteiger partial charge in [-0.05, 0) is 79.4 Å². The zero-order chi connectivity index (χ0) is 18.5. The van der Waals surface area contributed by atoms with Crippen molar-refractivity contribution in [1.29, 1.82) is 0 Å². The summed E-state index contributed by atoms with van der Waals surface area (Å²) in [5, 5.41) is 0. The lowest BCUT2D eigenvalue weighted by molar-refractivity contribution is 0.352. The van der Waals surface area contributed by atoms with Crippen molar-refractivity contribution in [2.75, 3.05) is 27.7 Å². The van der Waals surface area contributed by atoms with Gasteiger partial charge in [0.05, 0.1) is 7.11 Å². The minimum absolute atomic E-state index is 0. The maximum absolute atomic E-state index is 13.1. The number of benzene rings is 2. The number of ether oxygens (including phenoxy) is 1. The van der Waals surface area contributed by atoms with Crippen LogP contribution >= 0.6 is 12.4 Å². The average molecular weight is 388 g/mol. The van der Waals surface area contributed by atoms with Gasteiger partial charge >= 0.3 is 0 Å². The summed E-state index contributed by atoms with van der Waals surface area (Å²) >= 11 is 0. The zero-order valence-electron chi connectivity index (χ0n) is 16.1. The molecule has 144 valence electrons. The van der Waals surface area contributed by atoms with Gasteiger partial charge in [0, 0.05) is 6.54 Å². The molecule has 0 amide bonds. The van der Waals surface area contributed by atoms with Crippen LogP contribution in [0, 0.1) is 11.7 Å². The van der Waals surface area contributed by atoms with Crippen LogP contribution in [0.15, 0.2) is 60.2 Å². The van der Waals surface area contributed by atoms with Crippen LogP contribution < -0.4 is 4.74 Å². The van der Waals surface area contributed by atoms with Crippen molar-refractivity contribution in [3.63, 3.8) is 0 Å². The topological polar surface area (TPSA) is 12.5 Å². The normalized spacial score (nSPS) is 18.2. The van der Waals surface area contributed by atoms with Crippen LogP contribution in [0.1, 0.15) is 24.0 Å². The minimum Gasteiger partial charge on any atom is -0.497 e. The van der Waals surface area contributed by atoms with Crippen LogP contribution in [-0.4, -0.2) is 32.6 Å². The highest BCUT2D eigenvalue weighted by Crippen LogP contribution is 2.37. The highest BCUT2D eigenvalue weighted by molar-refractivity contribution is 5.85. The van der Waals surface area contributed by atoms with Gasteiger partial charge < -0.3 is 9.64 Å². The molecule has 2 nitrogen and oxygen atoms in total. The maximum Gasteiger partial charge on any atom is 0.123 e. The number of hydrogen-bond acceptors (Lipinski definition) is 2. The van der Waals surface area contributed by atoms with Gasteiger partial charge in [0.15, 0.2) is 0 Å². The predicted molar refractivity (Wildman–Crippen MR) is 114 cm³/mol. The predicted octanol–water partition coefficient (Wildman–Crippen LogP) is 5.69. The number of halogens is 2. The van der Waals surface area contributed by atoms with Crippen molar-refractivity contribution in [3.8, 4) is 5.75 Å². The van der Waals surface area contributed by atoms with Crippen LogP contribution in [0.5, 0.6) is 5.75 Å². The first-order valence-electron chi connectivity index (χ1n) is 9.02. The maximum atomic E-state index is 13.1. The number of hydrogen-bond donors (Lipinski definition) is 0. The molecule has 27 heavy (non-hydrogen) atoms. The monoisotopic (exact) mass is 387 g/mol. The molecule has 1 aliphatic carbocycles. The average Bonchev–Trinajstić information content (AvgIpc) is 2.64. The first-order chi connectivity index (χ1) is 12.5. The van der Waals surface area contributed by atoms with Gasteiger partial charge in [0.25, 0.3) is 0 Å². The molecule has 0 N–H and O–H groups in total. The van der Waals surface area contributed by atoms with Crippen molar-refractivity contribution >= 4 is 24.1 Å². The first-order valence-corrected chi connectivity index (χ1v) is 9.02. The van der Waals surface area contributed by atoms with Gasteiger partial charge in [-0.1, -0.05) is 36.4 Å². The number of nitrogens with zero attached hydrogens (tertiary/aromatic N) is 1. The molecule has 0 aromatic heterocycles. The fraction of sp³-hybridized carbons (Fsp3) is 0.304. The van der Waals surface area contributed by atoms with E-state index in [2.05, 4.69) is 43.3 Å². The SMILES string of the molecule is COc1cccc(C2=C/C(=C/c3ccc(F)cc3)CCC2CN(C)C)c1.Cl. The van der Waals surface area contributed by atoms with Crippen molar-refractivity contribution in [3.05, 3.63) is 77.1 Å². The molecule has 0 saturated heterocycles. The van der Waals surface area contributed by atoms with E-state index in [1.807, 2.05) is 24.3 Å². The fourth-order valence-corrected chi connectivity index (χ4v) is 3.53. The summed E-state index contributed by atoms with van der Waals surface area (Å²) in [7, 11) is 5.94. The summed E-state index contributed by atoms with van der Waals surface area (Å²) in [5.74, 6) is 1.17. The Labute approximate surface area is 167 Å². The molecule has 0 aliphatic heterocycles. The van der Waals surface area contributed by atoms with Gasteiger partial charge in [0.1, 0.15) is 11.6 Å². The van der Waals surface area contributed by atoms with E-state index in [0.717, 1.165) is 30.7 Å². The molecule has 1 unspecified atom stereocenters. The molecule has 0 bridgehead atoms. The molecule has 1 aliphatic rings. The Balaban J connectivity index is 0.00000261. The lowest BCUT2D eigenvalue weighted by atomic mass is 9.81. The van der Waals surface area contributed by atoms with Crippen LogP contribution in [0.2, 0.25) is 0 Å². The molecule has 0 saturated carbocycles. The summed E-state index contributed by atoms with van der Waals surface area (Å²) < 4.78 is 18.6. The smallest absolute Gasteiger partial charge is 0.123 e. The van der Waals surface area contributed by atoms with E-state index in [1.165, 1.54) is 28.8 Å². The summed E-state index contributed by atoms with van der Waals surface area (Å²) in [6.45, 7) is 1.02. The molecular formula is C23H27ClFNO. The van der Waals surface area contributed by atoms with E-state index >= 15 is 0 Å². The fourth-order valence-electron chi connectivity index (χ4n) is 3.53. The highest BCUT2D eigenvalue weighted by Gasteiger charge is 2.22. The Bertz CT molecular complexity index is 811. The first kappa shape index (κ1) is 21.2. The van der Waals surface area contributed by atoms with E-state index in [9.17, 15) is 4.39 Å². The third-order valence-corrected chi connectivity index (χ3v) is 4.77. The van der Waals surface area contributed by atoms with Gasteiger partial charge in [-0.25, -0.2) is 4.39 Å². The van der Waals surface area contributed by atoms with E-state index < -0.39 is 0 Å². The van der Waals surface area contributed by atoms with Gasteiger partial charge in [-0.2, -0.15) is 0 Å². The Hall–Kier alpha value is -2.10. The largest absolute Gasteiger partial charge is 0.497 e. The number of allylic oxidation sites excluding steroid dienone is 2. The van der Waals surface area contributed by atoms with Crippen molar-refractivity contribution < 1.29 is 9.13 Å². The molecule has 0 fully saturated rings. The second kappa shape index (κ2) is 9.72. The third-order valence-electron chi connectivity index (χ3n) is 4.77. The lowest BCUT2D eigenvalue weighted by Gasteiger charge is -2.28. The van der Waals surface area contributed by atoms with Gasteiger partial charge in [-0.3, -0.25) is 0 Å². The quantitative estimate of drug-likeness (QED) is 0.653. The molecular weight excluding hydrogens is 361 g/mol. The molecule has 1 atom stereocenters. The molecule has 0 heterocycles. The minimum atomic E-state index is -0.200. The summed E-state index contributed by atoms with van der Waals surface area (Å²) in [4.78, 5) is 2.24. The van der Waals surface area contributed by atoms with Crippen LogP contribution in [0.3, 0.4) is 0 Å². The second-order valence-corrected chi connectivity index (χ2v) is 7.10. The van der Waals surface area contributed by atoms with E-state index in [4.69, 9.17) is 4.74 Å². The number of rotatable bonds is 5. The third kappa shape index (κ3) is 5.69. The Morgan fingerprint density at radius 3 is 2.56 bits per heavy atom. The Kier molecular flexibility index (Phi) is 7.64. The van der Waals surface area contributed by atoms with E-state index in [1.54, 1.807) is 7.11 Å². The van der Waals surface area contributed by atoms with Crippen molar-refractivity contribution in [1.82, 2.24) is 4.90 Å². The molecule has 4 heteroatoms. The molecule has 0 radical (unpaired) electrons. The summed E-state index contributed by atoms with van der Waals surface area (Å²) in [5.41, 5.74) is 4.87. The van der Waals surface area contributed by atoms with E-state index in [-0.39, 0.29) is 18.2 Å². The van der Waals surface area contributed by atoms with Crippen LogP contribution in [0.4, 0.5) is 4.39 Å². The van der Waals surface area contributed by atoms with Crippen LogP contribution in [0.25, 0.3) is 11.6 Å². The van der Waals surface area contributed by atoms with Crippen molar-refractivity contribution in [2.24, 2.45) is 5.92 Å². The van der Waals surface area contributed by atoms with Crippen molar-refractivity contribution in [2.45, 2.75) is 12.8 Å². The van der Waals surface area contributed by atoms with E-state index in [0.29, 0.717) is 5.92 Å². The second-order valence-electron chi connectivity index (χ2n) is 7.10. The van der Waals surface area contributed by atoms with Crippen LogP contribution in [-0.2, 0) is 0 Å². The Morgan fingerprint density at radius 2 is 1.89 bits per heavy atom. The standard InChI is InChI=1S/C23H26FNO.ClH/c1-25(2)16-20-10-7-18(13-17-8-11-21(24)12-9-17)14-23(20)19-5-4-6-22(15-19)26-3;/h4-6,8-9,11-15,20H,7,10,16H2,1-3H3;1H/b18-13+;. The highest BCUT2D eigenvalue weighted by atomic mass is 35.5. The summed E-state index contributed by atoms with van der Waals surface area (Å²) in [6.07, 6.45) is 6.60. The van der Waals surface area contributed by atoms with Gasteiger partial charge in [0.2, 0.25) is 0 Å². The molecule has 2 aromatic carbocycles. The molecule has 2 aromatic rings. The number of methoxy groups -OCH3 is 1. The zero-order valence-corrected chi connectivity index (χ0v) is 16.9. The Morgan fingerprint density at radius 1 is 1.15 bits per heavy atom. The molecule has 0 spiro atoms. The van der Waals surface area contributed by atoms with Gasteiger partial charge in [-0.15, -0.1) is 12.4 Å². The summed E-state index contributed by atoms with van der Waals surface area (Å²) in [6, 6.07) is 14.9. The lowest BCUT2D eigenvalue weighted by Crippen LogP contribution is -2.24.